The van der Waals surface area contributed by atoms with Crippen LogP contribution in [0.4, 0.5) is 39.5 Å². The van der Waals surface area contributed by atoms with Crippen LogP contribution in [0.2, 0.25) is 0 Å². The van der Waals surface area contributed by atoms with Gasteiger partial charge in [-0.3, -0.25) is 14.8 Å². The second kappa shape index (κ2) is 17.2. The molecule has 2 aromatic heterocycles. The predicted molar refractivity (Wildman–Crippen MR) is 139 cm³/mol. The molecule has 0 radical (unpaired) electrons. The van der Waals surface area contributed by atoms with Gasteiger partial charge in [0, 0.05) is 30.5 Å². The molecule has 0 saturated carbocycles. The second-order valence-corrected chi connectivity index (χ2v) is 10.7. The van der Waals surface area contributed by atoms with Crippen LogP contribution in [-0.2, 0) is 27.5 Å². The molecule has 0 aromatic carbocycles. The molecule has 0 bridgehead atoms. The highest BCUT2D eigenvalue weighted by molar-refractivity contribution is 7.09. The molecule has 10 nitrogen and oxygen atoms in total. The predicted octanol–water partition coefficient (Wildman–Crippen LogP) is 5.32. The molecule has 20 heteroatoms. The minimum atomic E-state index is -5.08. The molecule has 0 atom stereocenters. The van der Waals surface area contributed by atoms with Gasteiger partial charge in [0.2, 0.25) is 0 Å². The van der Waals surface area contributed by atoms with E-state index in [1.807, 2.05) is 18.6 Å². The molecule has 2 aromatic rings. The van der Waals surface area contributed by atoms with Crippen molar-refractivity contribution in [3.8, 4) is 0 Å². The Labute approximate surface area is 254 Å². The minimum absolute atomic E-state index is 0.605. The standard InChI is InChI=1S/C19H26N4S.3C2HF3O2/c1-7-20-8-2-17(1)15-22-10-3-19(4-11-22)5-12-23(13-6-19)16-18-21-9-14-24-18;3*3-2(4,5)1(6)7/h1-2,7-9,14H,3-6,10-13,15-16H2;3*(H,6,7). The Morgan fingerprint density at radius 1 is 0.689 bits per heavy atom. The largest absolute Gasteiger partial charge is 0.490 e. The molecule has 4 heterocycles. The van der Waals surface area contributed by atoms with Gasteiger partial charge in [-0.25, -0.2) is 19.4 Å². The summed E-state index contributed by atoms with van der Waals surface area (Å²) in [5.41, 5.74) is 1.99. The van der Waals surface area contributed by atoms with Crippen molar-refractivity contribution in [1.82, 2.24) is 19.8 Å². The van der Waals surface area contributed by atoms with Gasteiger partial charge in [0.15, 0.2) is 0 Å². The van der Waals surface area contributed by atoms with Gasteiger partial charge >= 0.3 is 36.4 Å². The molecule has 0 aliphatic carbocycles. The van der Waals surface area contributed by atoms with Crippen molar-refractivity contribution in [1.29, 1.82) is 0 Å². The van der Waals surface area contributed by atoms with Gasteiger partial charge in [0.05, 0.1) is 6.54 Å². The van der Waals surface area contributed by atoms with Gasteiger partial charge in [0.25, 0.3) is 0 Å². The summed E-state index contributed by atoms with van der Waals surface area (Å²) >= 11 is 1.78. The molecule has 2 saturated heterocycles. The average Bonchev–Trinajstić information content (AvgIpc) is 3.45. The Balaban J connectivity index is 0.000000396. The number of pyridine rings is 1. The molecule has 2 aliphatic rings. The molecule has 2 aliphatic heterocycles. The molecule has 45 heavy (non-hydrogen) atoms. The maximum Gasteiger partial charge on any atom is 0.490 e. The van der Waals surface area contributed by atoms with Crippen LogP contribution in [-0.4, -0.2) is 97.7 Å². The molecule has 1 spiro atoms. The van der Waals surface area contributed by atoms with E-state index < -0.39 is 36.4 Å². The number of aliphatic carboxylic acids is 3. The lowest BCUT2D eigenvalue weighted by molar-refractivity contribution is -0.193. The normalized spacial score (nSPS) is 17.0. The van der Waals surface area contributed by atoms with Gasteiger partial charge in [-0.05, 0) is 75.0 Å². The zero-order valence-corrected chi connectivity index (χ0v) is 24.0. The highest BCUT2D eigenvalue weighted by atomic mass is 32.1. The topological polar surface area (TPSA) is 144 Å². The van der Waals surface area contributed by atoms with Crippen LogP contribution < -0.4 is 0 Å². The highest BCUT2D eigenvalue weighted by Gasteiger charge is 2.40. The van der Waals surface area contributed by atoms with Crippen molar-refractivity contribution < 1.29 is 69.2 Å². The van der Waals surface area contributed by atoms with Gasteiger partial charge in [-0.2, -0.15) is 39.5 Å². The Morgan fingerprint density at radius 2 is 1.04 bits per heavy atom. The van der Waals surface area contributed by atoms with E-state index in [1.165, 1.54) is 62.4 Å². The fourth-order valence-corrected chi connectivity index (χ4v) is 4.80. The lowest BCUT2D eigenvalue weighted by Crippen LogP contribution is -2.46. The first-order valence-electron chi connectivity index (χ1n) is 12.8. The summed E-state index contributed by atoms with van der Waals surface area (Å²) in [6.45, 7) is 7.09. The third-order valence-electron chi connectivity index (χ3n) is 6.56. The van der Waals surface area contributed by atoms with Crippen LogP contribution in [0.5, 0.6) is 0 Å². The van der Waals surface area contributed by atoms with Gasteiger partial charge in [0.1, 0.15) is 5.01 Å². The zero-order valence-electron chi connectivity index (χ0n) is 23.2. The molecule has 4 rings (SSSR count). The quantitative estimate of drug-likeness (QED) is 0.362. The number of thiazole rings is 1. The fraction of sp³-hybridized carbons (Fsp3) is 0.560. The number of aromatic nitrogens is 2. The van der Waals surface area contributed by atoms with E-state index in [0.717, 1.165) is 13.1 Å². The minimum Gasteiger partial charge on any atom is -0.475 e. The molecular weight excluding hydrogens is 655 g/mol. The van der Waals surface area contributed by atoms with Gasteiger partial charge in [-0.1, -0.05) is 0 Å². The molecule has 254 valence electrons. The third-order valence-corrected chi connectivity index (χ3v) is 7.32. The number of rotatable bonds is 4. The van der Waals surface area contributed by atoms with Crippen LogP contribution in [0.25, 0.3) is 0 Å². The smallest absolute Gasteiger partial charge is 0.475 e. The lowest BCUT2D eigenvalue weighted by Gasteiger charge is -2.46. The summed E-state index contributed by atoms with van der Waals surface area (Å²) in [4.78, 5) is 40.4. The second-order valence-electron chi connectivity index (χ2n) is 9.74. The first kappa shape index (κ1) is 39.5. The fourth-order valence-electron chi connectivity index (χ4n) is 4.14. The van der Waals surface area contributed by atoms with Crippen LogP contribution in [0.15, 0.2) is 36.1 Å². The maximum atomic E-state index is 10.6. The van der Waals surface area contributed by atoms with Crippen LogP contribution in [0.1, 0.15) is 36.3 Å². The number of carboxylic acids is 3. The zero-order chi connectivity index (χ0) is 34.5. The maximum absolute atomic E-state index is 10.6. The van der Waals surface area contributed by atoms with E-state index in [-0.39, 0.29) is 0 Å². The van der Waals surface area contributed by atoms with Crippen molar-refractivity contribution in [3.05, 3.63) is 46.7 Å². The van der Waals surface area contributed by atoms with E-state index >= 15 is 0 Å². The molecular formula is C25H29F9N4O6S. The Kier molecular flexibility index (Phi) is 15.1. The summed E-state index contributed by atoms with van der Waals surface area (Å²) in [6, 6.07) is 4.28. The molecule has 0 unspecified atom stereocenters. The van der Waals surface area contributed by atoms with Crippen LogP contribution >= 0.6 is 11.3 Å². The van der Waals surface area contributed by atoms with Gasteiger partial charge in [-0.15, -0.1) is 11.3 Å². The third kappa shape index (κ3) is 15.9. The van der Waals surface area contributed by atoms with E-state index in [0.29, 0.717) is 5.41 Å². The Hall–Kier alpha value is -3.52. The SMILES string of the molecule is O=C(O)C(F)(F)F.O=C(O)C(F)(F)F.O=C(O)C(F)(F)F.c1cc(CN2CCC3(CC2)CCN(Cc2nccs2)CC3)ccn1. The number of likely N-dealkylation sites (tertiary alicyclic amines) is 2. The number of hydrogen-bond donors (Lipinski definition) is 3. The van der Waals surface area contributed by atoms with E-state index in [1.54, 1.807) is 11.3 Å². The number of alkyl halides is 9. The number of halogens is 9. The summed E-state index contributed by atoms with van der Waals surface area (Å²) in [7, 11) is 0. The highest BCUT2D eigenvalue weighted by Crippen LogP contribution is 2.41. The van der Waals surface area contributed by atoms with Crippen molar-refractivity contribution in [2.45, 2.75) is 57.3 Å². The van der Waals surface area contributed by atoms with Crippen molar-refractivity contribution in [2.24, 2.45) is 5.41 Å². The first-order chi connectivity index (χ1) is 20.6. The summed E-state index contributed by atoms with van der Waals surface area (Å²) in [5.74, 6) is -8.27. The number of piperidine rings is 2. The number of carboxylic acid groups (broad SMARTS) is 3. The first-order valence-corrected chi connectivity index (χ1v) is 13.6. The molecule has 3 N–H and O–H groups in total. The van der Waals surface area contributed by atoms with Crippen molar-refractivity contribution in [3.63, 3.8) is 0 Å². The van der Waals surface area contributed by atoms with Crippen LogP contribution in [0, 0.1) is 5.41 Å². The summed E-state index contributed by atoms with van der Waals surface area (Å²) in [5, 5.41) is 24.7. The van der Waals surface area contributed by atoms with Crippen LogP contribution in [0.3, 0.4) is 0 Å². The average molecular weight is 685 g/mol. The van der Waals surface area contributed by atoms with Crippen molar-refractivity contribution in [2.75, 3.05) is 26.2 Å². The molecule has 2 fully saturated rings. The number of hydrogen-bond acceptors (Lipinski definition) is 8. The lowest BCUT2D eigenvalue weighted by atomic mass is 9.71. The molecule has 0 amide bonds. The number of nitrogens with zero attached hydrogens (tertiary/aromatic N) is 4. The monoisotopic (exact) mass is 684 g/mol. The Morgan fingerprint density at radius 3 is 1.36 bits per heavy atom. The number of carbonyl (C=O) groups is 3. The Bertz CT molecular complexity index is 1120. The van der Waals surface area contributed by atoms with E-state index in [4.69, 9.17) is 29.7 Å². The van der Waals surface area contributed by atoms with Gasteiger partial charge < -0.3 is 15.3 Å². The summed E-state index contributed by atoms with van der Waals surface area (Å²) in [6.07, 6.45) is -4.07. The summed E-state index contributed by atoms with van der Waals surface area (Å²) < 4.78 is 95.2. The van der Waals surface area contributed by atoms with E-state index in [2.05, 4.69) is 37.3 Å². The van der Waals surface area contributed by atoms with Crippen molar-refractivity contribution >= 4 is 29.2 Å². The van der Waals surface area contributed by atoms with E-state index in [9.17, 15) is 39.5 Å².